The quantitative estimate of drug-likeness (QED) is 0.523. The van der Waals surface area contributed by atoms with E-state index in [9.17, 15) is 5.11 Å². The average Bonchev–Trinajstić information content (AvgIpc) is 3.31. The highest BCUT2D eigenvalue weighted by atomic mass is 16.3. The largest absolute Gasteiger partial charge is 0.508 e. The van der Waals surface area contributed by atoms with E-state index in [1.165, 1.54) is 0 Å². The fourth-order valence-electron chi connectivity index (χ4n) is 3.96. The van der Waals surface area contributed by atoms with Crippen LogP contribution in [0, 0.1) is 6.92 Å². The molecule has 3 heterocycles. The van der Waals surface area contributed by atoms with Gasteiger partial charge in [0.1, 0.15) is 17.6 Å². The van der Waals surface area contributed by atoms with Crippen molar-refractivity contribution in [2.75, 3.05) is 6.54 Å². The molecule has 0 saturated heterocycles. The van der Waals surface area contributed by atoms with Gasteiger partial charge in [-0.05, 0) is 25.1 Å². The molecule has 1 aliphatic rings. The van der Waals surface area contributed by atoms with Gasteiger partial charge in [-0.3, -0.25) is 4.90 Å². The number of aryl methyl sites for hydroxylation is 1. The Balaban J connectivity index is 1.58. The van der Waals surface area contributed by atoms with Crippen molar-refractivity contribution in [1.82, 2.24) is 24.8 Å². The molecule has 0 spiro atoms. The Bertz CT molecular complexity index is 1080. The van der Waals surface area contributed by atoms with Crippen LogP contribution in [0.2, 0.25) is 0 Å². The van der Waals surface area contributed by atoms with Gasteiger partial charge in [0, 0.05) is 30.8 Å². The number of benzene rings is 2. The Kier molecular flexibility index (Phi) is 3.72. The zero-order valence-electron chi connectivity index (χ0n) is 15.1. The van der Waals surface area contributed by atoms with Gasteiger partial charge in [-0.2, -0.15) is 0 Å². The van der Waals surface area contributed by atoms with Crippen molar-refractivity contribution in [2.24, 2.45) is 0 Å². The van der Waals surface area contributed by atoms with Crippen molar-refractivity contribution < 1.29 is 5.11 Å². The summed E-state index contributed by atoms with van der Waals surface area (Å²) in [6.45, 7) is 3.55. The molecule has 0 radical (unpaired) electrons. The fourth-order valence-corrected chi connectivity index (χ4v) is 3.96. The maximum atomic E-state index is 10.3. The van der Waals surface area contributed by atoms with Crippen LogP contribution < -0.4 is 0 Å². The van der Waals surface area contributed by atoms with Gasteiger partial charge in [0.2, 0.25) is 0 Å². The third-order valence-corrected chi connectivity index (χ3v) is 5.30. The highest BCUT2D eigenvalue weighted by molar-refractivity contribution is 5.75. The van der Waals surface area contributed by atoms with E-state index in [4.69, 9.17) is 4.98 Å². The smallest absolute Gasteiger partial charge is 0.130 e. The topological polar surface area (TPSA) is 80.8 Å². The zero-order valence-corrected chi connectivity index (χ0v) is 15.1. The first-order valence-corrected chi connectivity index (χ1v) is 9.18. The van der Waals surface area contributed by atoms with Gasteiger partial charge in [0.05, 0.1) is 23.1 Å². The van der Waals surface area contributed by atoms with Crippen LogP contribution in [0.5, 0.6) is 5.75 Å². The molecule has 1 unspecified atom stereocenters. The molecule has 0 aliphatic carbocycles. The summed E-state index contributed by atoms with van der Waals surface area (Å²) >= 11 is 0. The highest BCUT2D eigenvalue weighted by Gasteiger charge is 2.33. The minimum Gasteiger partial charge on any atom is -0.508 e. The highest BCUT2D eigenvalue weighted by Crippen LogP contribution is 2.35. The number of imidazole rings is 2. The second-order valence-corrected chi connectivity index (χ2v) is 7.16. The van der Waals surface area contributed by atoms with Gasteiger partial charge >= 0.3 is 0 Å². The lowest BCUT2D eigenvalue weighted by molar-refractivity contribution is 0.192. The van der Waals surface area contributed by atoms with E-state index >= 15 is 0 Å². The minimum absolute atomic E-state index is 0.0766. The average molecular weight is 359 g/mol. The number of phenols is 1. The zero-order chi connectivity index (χ0) is 18.4. The van der Waals surface area contributed by atoms with Crippen LogP contribution in [0.1, 0.15) is 34.4 Å². The predicted octanol–water partition coefficient (Wildman–Crippen LogP) is 3.45. The SMILES string of the molecule is Cc1ccc(O)c(CN2CCc3[nH]cnc3C2c2nc3ccccc3[nH]2)c1. The third kappa shape index (κ3) is 2.78. The molecule has 1 aliphatic heterocycles. The van der Waals surface area contributed by atoms with E-state index < -0.39 is 0 Å². The van der Waals surface area contributed by atoms with E-state index in [2.05, 4.69) is 19.9 Å². The lowest BCUT2D eigenvalue weighted by atomic mass is 10.0. The molecule has 6 heteroatoms. The van der Waals surface area contributed by atoms with Gasteiger partial charge in [0.15, 0.2) is 0 Å². The van der Waals surface area contributed by atoms with Crippen LogP contribution in [-0.2, 0) is 13.0 Å². The Morgan fingerprint density at radius 3 is 3.00 bits per heavy atom. The molecule has 1 atom stereocenters. The summed E-state index contributed by atoms with van der Waals surface area (Å²) < 4.78 is 0. The number of fused-ring (bicyclic) bond motifs is 2. The van der Waals surface area contributed by atoms with Crippen LogP contribution in [-0.4, -0.2) is 36.5 Å². The van der Waals surface area contributed by atoms with Gasteiger partial charge in [-0.15, -0.1) is 0 Å². The number of para-hydroxylation sites is 2. The first kappa shape index (κ1) is 16.1. The van der Waals surface area contributed by atoms with E-state index in [0.29, 0.717) is 12.3 Å². The van der Waals surface area contributed by atoms with Crippen LogP contribution in [0.3, 0.4) is 0 Å². The molecule has 6 nitrogen and oxygen atoms in total. The molecule has 0 fully saturated rings. The minimum atomic E-state index is -0.0766. The third-order valence-electron chi connectivity index (χ3n) is 5.30. The van der Waals surface area contributed by atoms with Crippen molar-refractivity contribution >= 4 is 11.0 Å². The van der Waals surface area contributed by atoms with Crippen molar-refractivity contribution in [3.8, 4) is 5.75 Å². The molecule has 0 bridgehead atoms. The number of aromatic hydroxyl groups is 1. The number of nitrogens with zero attached hydrogens (tertiary/aromatic N) is 3. The van der Waals surface area contributed by atoms with Crippen LogP contribution in [0.15, 0.2) is 48.8 Å². The number of phenolic OH excluding ortho intramolecular Hbond substituents is 1. The summed E-state index contributed by atoms with van der Waals surface area (Å²) in [4.78, 5) is 18.5. The number of hydrogen-bond acceptors (Lipinski definition) is 4. The van der Waals surface area contributed by atoms with E-state index in [1.807, 2.05) is 43.3 Å². The monoisotopic (exact) mass is 359 g/mol. The molecule has 0 amide bonds. The summed E-state index contributed by atoms with van der Waals surface area (Å²) in [6.07, 6.45) is 2.66. The summed E-state index contributed by atoms with van der Waals surface area (Å²) in [5.41, 5.74) is 6.20. The first-order valence-electron chi connectivity index (χ1n) is 9.18. The number of aromatic nitrogens is 4. The van der Waals surface area contributed by atoms with Gasteiger partial charge < -0.3 is 15.1 Å². The Hall–Kier alpha value is -3.12. The molecule has 27 heavy (non-hydrogen) atoms. The second kappa shape index (κ2) is 6.25. The molecule has 3 N–H and O–H groups in total. The van der Waals surface area contributed by atoms with Crippen LogP contribution in [0.25, 0.3) is 11.0 Å². The standard InChI is InChI=1S/C21H21N5O/c1-13-6-7-18(27)14(10-13)11-26-9-8-17-19(23-12-22-17)20(26)21-24-15-4-2-3-5-16(15)25-21/h2-7,10,12,20,27H,8-9,11H2,1H3,(H,22,23)(H,24,25). The lowest BCUT2D eigenvalue weighted by Crippen LogP contribution is -2.36. The normalized spacial score (nSPS) is 17.3. The summed E-state index contributed by atoms with van der Waals surface area (Å²) in [6, 6.07) is 13.7. The Morgan fingerprint density at radius 2 is 2.11 bits per heavy atom. The molecular formula is C21H21N5O. The van der Waals surface area contributed by atoms with Gasteiger partial charge in [0.25, 0.3) is 0 Å². The molecule has 5 rings (SSSR count). The summed E-state index contributed by atoms with van der Waals surface area (Å²) in [7, 11) is 0. The Morgan fingerprint density at radius 1 is 1.22 bits per heavy atom. The molecule has 4 aromatic rings. The molecular weight excluding hydrogens is 338 g/mol. The predicted molar refractivity (Wildman–Crippen MR) is 103 cm³/mol. The van der Waals surface area contributed by atoms with E-state index in [1.54, 1.807) is 12.4 Å². The fraction of sp³-hybridized carbons (Fsp3) is 0.238. The number of hydrogen-bond donors (Lipinski definition) is 3. The van der Waals surface area contributed by atoms with Crippen LogP contribution in [0.4, 0.5) is 0 Å². The molecule has 136 valence electrons. The van der Waals surface area contributed by atoms with Crippen LogP contribution >= 0.6 is 0 Å². The van der Waals surface area contributed by atoms with Crippen molar-refractivity contribution in [3.05, 3.63) is 77.1 Å². The van der Waals surface area contributed by atoms with Gasteiger partial charge in [-0.1, -0.05) is 29.8 Å². The van der Waals surface area contributed by atoms with Crippen molar-refractivity contribution in [1.29, 1.82) is 0 Å². The lowest BCUT2D eigenvalue weighted by Gasteiger charge is -2.33. The second-order valence-electron chi connectivity index (χ2n) is 7.16. The van der Waals surface area contributed by atoms with E-state index in [0.717, 1.165) is 52.3 Å². The molecule has 2 aromatic carbocycles. The number of rotatable bonds is 3. The number of nitrogens with one attached hydrogen (secondary N) is 2. The maximum Gasteiger partial charge on any atom is 0.130 e. The summed E-state index contributed by atoms with van der Waals surface area (Å²) in [5, 5.41) is 10.3. The molecule has 0 saturated carbocycles. The molecule has 2 aromatic heterocycles. The summed E-state index contributed by atoms with van der Waals surface area (Å²) in [5.74, 6) is 1.22. The van der Waals surface area contributed by atoms with Crippen molar-refractivity contribution in [3.63, 3.8) is 0 Å². The first-order chi connectivity index (χ1) is 13.2. The van der Waals surface area contributed by atoms with E-state index in [-0.39, 0.29) is 6.04 Å². The Labute approximate surface area is 156 Å². The maximum absolute atomic E-state index is 10.3. The number of aromatic amines is 2. The van der Waals surface area contributed by atoms with Gasteiger partial charge in [-0.25, -0.2) is 9.97 Å². The number of H-pyrrole nitrogens is 2. The van der Waals surface area contributed by atoms with Crippen molar-refractivity contribution in [2.45, 2.75) is 25.9 Å².